The van der Waals surface area contributed by atoms with Crippen LogP contribution in [0.5, 0.6) is 5.75 Å². The first-order valence-electron chi connectivity index (χ1n) is 6.83. The number of carbonyl (C=O) groups is 1. The van der Waals surface area contributed by atoms with Gasteiger partial charge in [0.1, 0.15) is 17.9 Å². The number of nitrogens with two attached hydrogens (primary N) is 1. The number of rotatable bonds is 7. The molecule has 3 N–H and O–H groups in total. The van der Waals surface area contributed by atoms with E-state index in [0.29, 0.717) is 19.1 Å². The highest BCUT2D eigenvalue weighted by Gasteiger charge is 2.50. The van der Waals surface area contributed by atoms with Crippen molar-refractivity contribution in [3.8, 4) is 5.75 Å². The van der Waals surface area contributed by atoms with Gasteiger partial charge in [-0.15, -0.1) is 0 Å². The van der Waals surface area contributed by atoms with Crippen molar-refractivity contribution in [3.05, 3.63) is 29.8 Å². The van der Waals surface area contributed by atoms with E-state index < -0.39 is 5.54 Å². The highest BCUT2D eigenvalue weighted by molar-refractivity contribution is 5.85. The Balaban J connectivity index is 2.07. The van der Waals surface area contributed by atoms with Crippen LogP contribution in [0.1, 0.15) is 25.3 Å². The number of amides is 1. The smallest absolute Gasteiger partial charge is 0.241 e. The summed E-state index contributed by atoms with van der Waals surface area (Å²) in [5.74, 6) is 0.758. The van der Waals surface area contributed by atoms with Crippen molar-refractivity contribution in [1.82, 2.24) is 5.32 Å². The highest BCUT2D eigenvalue weighted by Crippen LogP contribution is 2.40. The molecule has 2 rings (SSSR count). The van der Waals surface area contributed by atoms with Crippen molar-refractivity contribution in [2.24, 2.45) is 11.7 Å². The van der Waals surface area contributed by atoms with Gasteiger partial charge < -0.3 is 15.8 Å². The Bertz CT molecular complexity index is 440. The first-order chi connectivity index (χ1) is 9.08. The molecule has 0 radical (unpaired) electrons. The molecule has 1 aromatic carbocycles. The fraction of sp³-hybridized carbons (Fsp3) is 0.533. The monoisotopic (exact) mass is 262 g/mol. The van der Waals surface area contributed by atoms with E-state index in [1.54, 1.807) is 0 Å². The van der Waals surface area contributed by atoms with Crippen LogP contribution in [0.3, 0.4) is 0 Å². The minimum atomic E-state index is -0.723. The molecule has 1 aromatic rings. The van der Waals surface area contributed by atoms with Gasteiger partial charge in [0, 0.05) is 0 Å². The average Bonchev–Trinajstić information content (AvgIpc) is 3.20. The number of hydrogen-bond donors (Lipinski definition) is 2. The van der Waals surface area contributed by atoms with Gasteiger partial charge >= 0.3 is 0 Å². The molecule has 4 heteroatoms. The molecule has 0 saturated heterocycles. The molecule has 0 heterocycles. The van der Waals surface area contributed by atoms with Crippen molar-refractivity contribution in [3.63, 3.8) is 0 Å². The molecule has 0 spiro atoms. The second-order valence-electron chi connectivity index (χ2n) is 5.24. The van der Waals surface area contributed by atoms with Crippen LogP contribution in [0.4, 0.5) is 0 Å². The first-order valence-corrected chi connectivity index (χ1v) is 6.83. The molecule has 1 unspecified atom stereocenters. The SMILES string of the molecule is CCNC(COc1ccc(C)cc1)(C(N)=O)C1CC1. The van der Waals surface area contributed by atoms with E-state index in [4.69, 9.17) is 10.5 Å². The van der Waals surface area contributed by atoms with Crippen LogP contribution in [0.15, 0.2) is 24.3 Å². The average molecular weight is 262 g/mol. The minimum absolute atomic E-state index is 0.296. The van der Waals surface area contributed by atoms with Crippen LogP contribution in [0.2, 0.25) is 0 Å². The van der Waals surface area contributed by atoms with E-state index in [2.05, 4.69) is 5.32 Å². The number of ether oxygens (including phenoxy) is 1. The van der Waals surface area contributed by atoms with Gasteiger partial charge in [0.05, 0.1) is 0 Å². The predicted octanol–water partition coefficient (Wildman–Crippen LogP) is 1.62. The third-order valence-electron chi connectivity index (χ3n) is 3.69. The molecule has 1 aliphatic rings. The predicted molar refractivity (Wildman–Crippen MR) is 75.0 cm³/mol. The Kier molecular flexibility index (Phi) is 4.10. The van der Waals surface area contributed by atoms with Crippen LogP contribution in [-0.2, 0) is 4.79 Å². The summed E-state index contributed by atoms with van der Waals surface area (Å²) in [4.78, 5) is 11.8. The molecule has 1 saturated carbocycles. The second kappa shape index (κ2) is 5.61. The Labute approximate surface area is 114 Å². The van der Waals surface area contributed by atoms with E-state index in [0.717, 1.165) is 18.6 Å². The number of likely N-dealkylation sites (N-methyl/N-ethyl adjacent to an activating group) is 1. The van der Waals surface area contributed by atoms with Gasteiger partial charge in [-0.3, -0.25) is 4.79 Å². The third kappa shape index (κ3) is 3.07. The van der Waals surface area contributed by atoms with E-state index in [1.165, 1.54) is 5.56 Å². The van der Waals surface area contributed by atoms with Gasteiger partial charge in [0.25, 0.3) is 0 Å². The summed E-state index contributed by atoms with van der Waals surface area (Å²) in [6.45, 7) is 5.01. The van der Waals surface area contributed by atoms with Crippen molar-refractivity contribution >= 4 is 5.91 Å². The minimum Gasteiger partial charge on any atom is -0.491 e. The topological polar surface area (TPSA) is 64.3 Å². The van der Waals surface area contributed by atoms with E-state index in [9.17, 15) is 4.79 Å². The number of aryl methyl sites for hydroxylation is 1. The Morgan fingerprint density at radius 2 is 2.05 bits per heavy atom. The fourth-order valence-electron chi connectivity index (χ4n) is 2.40. The highest BCUT2D eigenvalue weighted by atomic mass is 16.5. The molecule has 104 valence electrons. The van der Waals surface area contributed by atoms with Gasteiger partial charge in [-0.25, -0.2) is 0 Å². The lowest BCUT2D eigenvalue weighted by Crippen LogP contribution is -2.61. The van der Waals surface area contributed by atoms with Crippen LogP contribution < -0.4 is 15.8 Å². The number of carbonyl (C=O) groups excluding carboxylic acids is 1. The van der Waals surface area contributed by atoms with Gasteiger partial charge in [-0.2, -0.15) is 0 Å². The number of benzene rings is 1. The lowest BCUT2D eigenvalue weighted by atomic mass is 9.93. The van der Waals surface area contributed by atoms with Crippen molar-refractivity contribution in [2.45, 2.75) is 32.2 Å². The third-order valence-corrected chi connectivity index (χ3v) is 3.69. The van der Waals surface area contributed by atoms with Crippen LogP contribution in [0.25, 0.3) is 0 Å². The molecular weight excluding hydrogens is 240 g/mol. The first kappa shape index (κ1) is 13.9. The largest absolute Gasteiger partial charge is 0.491 e. The molecule has 0 bridgehead atoms. The summed E-state index contributed by atoms with van der Waals surface area (Å²) in [5, 5.41) is 3.24. The van der Waals surface area contributed by atoms with Gasteiger partial charge in [-0.05, 0) is 44.4 Å². The summed E-state index contributed by atoms with van der Waals surface area (Å²) in [6, 6.07) is 7.82. The maximum atomic E-state index is 11.8. The zero-order valence-electron chi connectivity index (χ0n) is 11.6. The van der Waals surface area contributed by atoms with Gasteiger partial charge in [0.2, 0.25) is 5.91 Å². The summed E-state index contributed by atoms with van der Waals surface area (Å²) in [5.41, 5.74) is 6.07. The Hall–Kier alpha value is -1.55. The lowest BCUT2D eigenvalue weighted by molar-refractivity contribution is -0.126. The Morgan fingerprint density at radius 3 is 2.53 bits per heavy atom. The second-order valence-corrected chi connectivity index (χ2v) is 5.24. The molecule has 19 heavy (non-hydrogen) atoms. The molecule has 0 aliphatic heterocycles. The normalized spacial score (nSPS) is 17.8. The van der Waals surface area contributed by atoms with E-state index >= 15 is 0 Å². The standard InChI is InChI=1S/C15H22N2O2/c1-3-17-15(14(16)18,12-6-7-12)10-19-13-8-4-11(2)5-9-13/h4-5,8-9,12,17H,3,6-7,10H2,1-2H3,(H2,16,18). The van der Waals surface area contributed by atoms with Gasteiger partial charge in [-0.1, -0.05) is 24.6 Å². The number of hydrogen-bond acceptors (Lipinski definition) is 3. The summed E-state index contributed by atoms with van der Waals surface area (Å²) in [7, 11) is 0. The van der Waals surface area contributed by atoms with Crippen molar-refractivity contribution in [2.75, 3.05) is 13.2 Å². The van der Waals surface area contributed by atoms with Crippen molar-refractivity contribution < 1.29 is 9.53 Å². The van der Waals surface area contributed by atoms with Gasteiger partial charge in [0.15, 0.2) is 0 Å². The van der Waals surface area contributed by atoms with Crippen LogP contribution >= 0.6 is 0 Å². The maximum Gasteiger partial charge on any atom is 0.241 e. The van der Waals surface area contributed by atoms with Crippen molar-refractivity contribution in [1.29, 1.82) is 0 Å². The molecule has 1 fully saturated rings. The van der Waals surface area contributed by atoms with Crippen LogP contribution in [-0.4, -0.2) is 24.6 Å². The summed E-state index contributed by atoms with van der Waals surface area (Å²) < 4.78 is 5.78. The molecular formula is C15H22N2O2. The molecule has 4 nitrogen and oxygen atoms in total. The van der Waals surface area contributed by atoms with Crippen LogP contribution in [0, 0.1) is 12.8 Å². The number of nitrogens with one attached hydrogen (secondary N) is 1. The fourth-order valence-corrected chi connectivity index (χ4v) is 2.40. The lowest BCUT2D eigenvalue weighted by Gasteiger charge is -2.31. The zero-order valence-corrected chi connectivity index (χ0v) is 11.6. The molecule has 0 aromatic heterocycles. The molecule has 1 atom stereocenters. The van der Waals surface area contributed by atoms with E-state index in [-0.39, 0.29) is 5.91 Å². The van der Waals surface area contributed by atoms with E-state index in [1.807, 2.05) is 38.1 Å². The molecule has 1 aliphatic carbocycles. The summed E-state index contributed by atoms with van der Waals surface area (Å²) >= 11 is 0. The quantitative estimate of drug-likeness (QED) is 0.784. The Morgan fingerprint density at radius 1 is 1.42 bits per heavy atom. The number of primary amides is 1. The molecule has 1 amide bonds. The summed E-state index contributed by atoms with van der Waals surface area (Å²) in [6.07, 6.45) is 2.07. The zero-order chi connectivity index (χ0) is 13.9. The maximum absolute atomic E-state index is 11.8.